The number of nitrogens with zero attached hydrogens (tertiary/aromatic N) is 1. The highest BCUT2D eigenvalue weighted by molar-refractivity contribution is 5.99. The van der Waals surface area contributed by atoms with E-state index < -0.39 is 0 Å². The first-order valence-corrected chi connectivity index (χ1v) is 10.3. The van der Waals surface area contributed by atoms with Gasteiger partial charge in [-0.1, -0.05) is 37.3 Å². The maximum absolute atomic E-state index is 12.8. The Morgan fingerprint density at radius 1 is 1.03 bits per heavy atom. The molecule has 6 nitrogen and oxygen atoms in total. The van der Waals surface area contributed by atoms with E-state index in [2.05, 4.69) is 0 Å². The van der Waals surface area contributed by atoms with Crippen LogP contribution in [0.3, 0.4) is 0 Å². The number of carbonyl (C=O) groups is 2. The zero-order chi connectivity index (χ0) is 22.0. The Labute approximate surface area is 181 Å². The first kappa shape index (κ1) is 20.7. The molecule has 0 bridgehead atoms. The van der Waals surface area contributed by atoms with E-state index >= 15 is 0 Å². The van der Waals surface area contributed by atoms with Crippen LogP contribution in [0.25, 0.3) is 5.69 Å². The second-order valence-electron chi connectivity index (χ2n) is 7.76. The number of aromatic nitrogens is 1. The highest BCUT2D eigenvalue weighted by Crippen LogP contribution is 2.35. The summed E-state index contributed by atoms with van der Waals surface area (Å²) in [6.07, 6.45) is 0.230. The third-order valence-electron chi connectivity index (χ3n) is 5.55. The summed E-state index contributed by atoms with van der Waals surface area (Å²) < 4.78 is 18.1. The van der Waals surface area contributed by atoms with E-state index in [1.807, 2.05) is 79.9 Å². The standard InChI is InChI=1S/C25H25NO5/c1-16(19-7-5-4-6-8-19)11-25(28)29-14-22(27)21-12-17(2)26(18(21)3)20-9-10-23-24(13-20)31-15-30-23/h4-10,12-13,16H,11,14-15H2,1-3H3/t16-/m1/s1. The van der Waals surface area contributed by atoms with Crippen LogP contribution in [0.2, 0.25) is 0 Å². The number of esters is 1. The molecule has 0 saturated heterocycles. The minimum Gasteiger partial charge on any atom is -0.457 e. The van der Waals surface area contributed by atoms with E-state index in [0.29, 0.717) is 17.1 Å². The number of aryl methyl sites for hydroxylation is 1. The number of carbonyl (C=O) groups excluding carboxylic acids is 2. The third-order valence-corrected chi connectivity index (χ3v) is 5.55. The van der Waals surface area contributed by atoms with Crippen LogP contribution in [-0.2, 0) is 9.53 Å². The Hall–Kier alpha value is -3.54. The van der Waals surface area contributed by atoms with Crippen molar-refractivity contribution in [1.82, 2.24) is 4.57 Å². The summed E-state index contributed by atoms with van der Waals surface area (Å²) >= 11 is 0. The number of hydrogen-bond acceptors (Lipinski definition) is 5. The van der Waals surface area contributed by atoms with Crippen molar-refractivity contribution in [2.75, 3.05) is 13.4 Å². The molecule has 4 rings (SSSR count). The van der Waals surface area contributed by atoms with E-state index in [9.17, 15) is 9.59 Å². The summed E-state index contributed by atoms with van der Waals surface area (Å²) in [4.78, 5) is 25.0. The van der Waals surface area contributed by atoms with Crippen LogP contribution >= 0.6 is 0 Å². The van der Waals surface area contributed by atoms with Crippen molar-refractivity contribution >= 4 is 11.8 Å². The average Bonchev–Trinajstić information content (AvgIpc) is 3.35. The lowest BCUT2D eigenvalue weighted by atomic mass is 9.98. The van der Waals surface area contributed by atoms with Gasteiger partial charge >= 0.3 is 5.97 Å². The van der Waals surface area contributed by atoms with E-state index in [-0.39, 0.29) is 37.5 Å². The maximum Gasteiger partial charge on any atom is 0.306 e. The van der Waals surface area contributed by atoms with Crippen molar-refractivity contribution in [3.05, 3.63) is 77.1 Å². The van der Waals surface area contributed by atoms with Crippen molar-refractivity contribution in [3.63, 3.8) is 0 Å². The second-order valence-corrected chi connectivity index (χ2v) is 7.76. The first-order valence-electron chi connectivity index (χ1n) is 10.3. The molecule has 0 unspecified atom stereocenters. The van der Waals surface area contributed by atoms with Gasteiger partial charge in [0.2, 0.25) is 12.6 Å². The Bertz CT molecular complexity index is 1120. The summed E-state index contributed by atoms with van der Waals surface area (Å²) in [6.45, 7) is 5.72. The predicted octanol–water partition coefficient (Wildman–Crippen LogP) is 4.74. The molecule has 1 atom stereocenters. The SMILES string of the molecule is Cc1cc(C(=O)COC(=O)C[C@@H](C)c2ccccc2)c(C)n1-c1ccc2c(c1)OCO2. The summed E-state index contributed by atoms with van der Waals surface area (Å²) in [7, 11) is 0. The van der Waals surface area contributed by atoms with E-state index in [0.717, 1.165) is 22.6 Å². The Morgan fingerprint density at radius 3 is 2.55 bits per heavy atom. The number of hydrogen-bond donors (Lipinski definition) is 0. The maximum atomic E-state index is 12.8. The molecule has 0 aliphatic carbocycles. The molecule has 31 heavy (non-hydrogen) atoms. The minimum absolute atomic E-state index is 0.0277. The number of fused-ring (bicyclic) bond motifs is 1. The monoisotopic (exact) mass is 419 g/mol. The third kappa shape index (κ3) is 4.33. The number of Topliss-reactive ketones (excluding diaryl/α,β-unsaturated/α-hetero) is 1. The van der Waals surface area contributed by atoms with E-state index in [4.69, 9.17) is 14.2 Å². The van der Waals surface area contributed by atoms with Crippen LogP contribution in [-0.4, -0.2) is 29.7 Å². The molecule has 0 spiro atoms. The molecular formula is C25H25NO5. The van der Waals surface area contributed by atoms with Crippen LogP contribution in [0, 0.1) is 13.8 Å². The molecular weight excluding hydrogens is 394 g/mol. The van der Waals surface area contributed by atoms with Gasteiger partial charge in [-0.2, -0.15) is 0 Å². The molecule has 0 fully saturated rings. The van der Waals surface area contributed by atoms with Gasteiger partial charge in [-0.25, -0.2) is 0 Å². The Kier molecular flexibility index (Phi) is 5.80. The lowest BCUT2D eigenvalue weighted by Gasteiger charge is -2.12. The highest BCUT2D eigenvalue weighted by Gasteiger charge is 2.21. The molecule has 2 aromatic carbocycles. The van der Waals surface area contributed by atoms with Crippen molar-refractivity contribution in [1.29, 1.82) is 0 Å². The molecule has 160 valence electrons. The summed E-state index contributed by atoms with van der Waals surface area (Å²) in [5, 5.41) is 0. The van der Waals surface area contributed by atoms with Gasteiger partial charge in [0.25, 0.3) is 0 Å². The molecule has 0 amide bonds. The van der Waals surface area contributed by atoms with Crippen molar-refractivity contribution in [2.45, 2.75) is 33.1 Å². The molecule has 0 N–H and O–H groups in total. The predicted molar refractivity (Wildman–Crippen MR) is 116 cm³/mol. The lowest BCUT2D eigenvalue weighted by Crippen LogP contribution is -2.16. The molecule has 1 aliphatic rings. The second kappa shape index (κ2) is 8.68. The fourth-order valence-corrected chi connectivity index (χ4v) is 3.90. The normalized spacial score (nSPS) is 13.1. The number of ether oxygens (including phenoxy) is 3. The zero-order valence-corrected chi connectivity index (χ0v) is 17.9. The first-order chi connectivity index (χ1) is 14.9. The van der Waals surface area contributed by atoms with Gasteiger partial charge in [0, 0.05) is 28.7 Å². The smallest absolute Gasteiger partial charge is 0.306 e. The quantitative estimate of drug-likeness (QED) is 0.409. The van der Waals surface area contributed by atoms with Crippen LogP contribution in [0.15, 0.2) is 54.6 Å². The van der Waals surface area contributed by atoms with E-state index in [1.54, 1.807) is 0 Å². The molecule has 3 aromatic rings. The highest BCUT2D eigenvalue weighted by atomic mass is 16.7. The zero-order valence-electron chi connectivity index (χ0n) is 17.9. The van der Waals surface area contributed by atoms with Gasteiger partial charge < -0.3 is 18.8 Å². The van der Waals surface area contributed by atoms with Crippen molar-refractivity contribution < 1.29 is 23.8 Å². The molecule has 2 heterocycles. The number of ketones is 1. The summed E-state index contributed by atoms with van der Waals surface area (Å²) in [6, 6.07) is 17.3. The molecule has 0 radical (unpaired) electrons. The van der Waals surface area contributed by atoms with Gasteiger partial charge in [0.1, 0.15) is 0 Å². The van der Waals surface area contributed by atoms with Crippen LogP contribution in [0.5, 0.6) is 11.5 Å². The lowest BCUT2D eigenvalue weighted by molar-refractivity contribution is -0.142. The van der Waals surface area contributed by atoms with Crippen molar-refractivity contribution in [3.8, 4) is 17.2 Å². The van der Waals surface area contributed by atoms with E-state index in [1.165, 1.54) is 0 Å². The topological polar surface area (TPSA) is 66.8 Å². The largest absolute Gasteiger partial charge is 0.457 e. The molecule has 0 saturated carbocycles. The number of benzene rings is 2. The molecule has 1 aliphatic heterocycles. The Morgan fingerprint density at radius 2 is 1.77 bits per heavy atom. The van der Waals surface area contributed by atoms with Gasteiger partial charge in [-0.05, 0) is 43.5 Å². The summed E-state index contributed by atoms with van der Waals surface area (Å²) in [5.74, 6) is 0.813. The molecule has 6 heteroatoms. The fraction of sp³-hybridized carbons (Fsp3) is 0.280. The van der Waals surface area contributed by atoms with Gasteiger partial charge in [0.05, 0.1) is 6.42 Å². The number of rotatable bonds is 7. The van der Waals surface area contributed by atoms with Crippen LogP contribution in [0.4, 0.5) is 0 Å². The van der Waals surface area contributed by atoms with Gasteiger partial charge in [-0.15, -0.1) is 0 Å². The Balaban J connectivity index is 1.42. The average molecular weight is 419 g/mol. The fourth-order valence-electron chi connectivity index (χ4n) is 3.90. The van der Waals surface area contributed by atoms with Gasteiger partial charge in [-0.3, -0.25) is 9.59 Å². The van der Waals surface area contributed by atoms with Crippen molar-refractivity contribution in [2.24, 2.45) is 0 Å². The van der Waals surface area contributed by atoms with Gasteiger partial charge in [0.15, 0.2) is 18.1 Å². The summed E-state index contributed by atoms with van der Waals surface area (Å²) in [5.41, 5.74) is 4.18. The molecule has 1 aromatic heterocycles. The van der Waals surface area contributed by atoms with Crippen LogP contribution in [0.1, 0.15) is 46.6 Å². The van der Waals surface area contributed by atoms with Crippen LogP contribution < -0.4 is 9.47 Å². The minimum atomic E-state index is -0.380.